The summed E-state index contributed by atoms with van der Waals surface area (Å²) in [5.41, 5.74) is -0.372. The van der Waals surface area contributed by atoms with Crippen molar-refractivity contribution in [2.75, 3.05) is 46.9 Å². The largest absolute Gasteiger partial charge is 0.383 e. The van der Waals surface area contributed by atoms with Crippen LogP contribution in [0.3, 0.4) is 0 Å². The fourth-order valence-electron chi connectivity index (χ4n) is 2.16. The highest BCUT2D eigenvalue weighted by Crippen LogP contribution is 2.18. The minimum atomic E-state index is -0.372. The van der Waals surface area contributed by atoms with Crippen molar-refractivity contribution < 1.29 is 9.53 Å². The van der Waals surface area contributed by atoms with E-state index in [1.54, 1.807) is 7.11 Å². The van der Waals surface area contributed by atoms with E-state index in [2.05, 4.69) is 15.5 Å². The normalized spacial score (nSPS) is 21.8. The summed E-state index contributed by atoms with van der Waals surface area (Å²) < 4.78 is 5.01. The molecule has 122 valence electrons. The van der Waals surface area contributed by atoms with Crippen LogP contribution in [0.1, 0.15) is 26.2 Å². The number of piperidine rings is 1. The number of ether oxygens (including phenoxy) is 1. The lowest BCUT2D eigenvalue weighted by Gasteiger charge is -2.33. The fraction of sp³-hybridized carbons (Fsp3) is 0.923. The maximum atomic E-state index is 12.1. The number of rotatable bonds is 7. The molecule has 0 saturated carbocycles. The molecule has 1 heterocycles. The van der Waals surface area contributed by atoms with Gasteiger partial charge in [-0.15, -0.1) is 24.8 Å². The highest BCUT2D eigenvalue weighted by molar-refractivity contribution is 5.86. The fourth-order valence-corrected chi connectivity index (χ4v) is 2.16. The lowest BCUT2D eigenvalue weighted by molar-refractivity contribution is -0.127. The van der Waals surface area contributed by atoms with Crippen LogP contribution < -0.4 is 10.6 Å². The third-order valence-corrected chi connectivity index (χ3v) is 3.58. The molecule has 20 heavy (non-hydrogen) atoms. The molecule has 1 unspecified atom stereocenters. The van der Waals surface area contributed by atoms with Gasteiger partial charge in [-0.2, -0.15) is 0 Å². The summed E-state index contributed by atoms with van der Waals surface area (Å²) in [6, 6.07) is 0. The Hall–Kier alpha value is -0.0700. The first-order valence-electron chi connectivity index (χ1n) is 6.79. The lowest BCUT2D eigenvalue weighted by atomic mass is 9.90. The third-order valence-electron chi connectivity index (χ3n) is 3.58. The number of carbonyl (C=O) groups is 1. The highest BCUT2D eigenvalue weighted by atomic mass is 35.5. The smallest absolute Gasteiger partial charge is 0.240 e. The Morgan fingerprint density at radius 1 is 1.35 bits per heavy atom. The first-order valence-corrected chi connectivity index (χ1v) is 6.79. The summed E-state index contributed by atoms with van der Waals surface area (Å²) in [5.74, 6) is 0.127. The van der Waals surface area contributed by atoms with E-state index in [-0.39, 0.29) is 36.3 Å². The Morgan fingerprint density at radius 3 is 2.60 bits per heavy atom. The number of nitrogens with zero attached hydrogens (tertiary/aromatic N) is 1. The number of nitrogens with one attached hydrogen (secondary N) is 2. The second-order valence-corrected chi connectivity index (χ2v) is 5.27. The summed E-state index contributed by atoms with van der Waals surface area (Å²) in [6.07, 6.45) is 3.23. The molecule has 0 aliphatic carbocycles. The Balaban J connectivity index is 0. The molecular formula is C13H29Cl2N3O2. The number of carbonyl (C=O) groups excluding carboxylic acids is 1. The number of methoxy groups -OCH3 is 1. The maximum absolute atomic E-state index is 12.1. The zero-order valence-electron chi connectivity index (χ0n) is 12.7. The van der Waals surface area contributed by atoms with Crippen LogP contribution in [0.4, 0.5) is 0 Å². The van der Waals surface area contributed by atoms with E-state index in [0.717, 1.165) is 39.1 Å². The van der Waals surface area contributed by atoms with Crippen LogP contribution in [0.2, 0.25) is 0 Å². The predicted octanol–water partition coefficient (Wildman–Crippen LogP) is 1.06. The standard InChI is InChI=1S/C13H27N3O2.2ClH/c1-13(6-4-5-7-15-13)12(17)14-8-9-16(2)10-11-18-3;;/h15H,4-11H2,1-3H3,(H,14,17);2*1H. The van der Waals surface area contributed by atoms with Crippen LogP contribution >= 0.6 is 24.8 Å². The maximum Gasteiger partial charge on any atom is 0.240 e. The van der Waals surface area contributed by atoms with Crippen molar-refractivity contribution >= 4 is 30.7 Å². The molecule has 0 aromatic heterocycles. The summed E-state index contributed by atoms with van der Waals surface area (Å²) in [7, 11) is 3.73. The van der Waals surface area contributed by atoms with E-state index >= 15 is 0 Å². The van der Waals surface area contributed by atoms with Crippen molar-refractivity contribution in [2.45, 2.75) is 31.7 Å². The molecule has 1 saturated heterocycles. The molecule has 0 spiro atoms. The zero-order chi connectivity index (χ0) is 13.4. The van der Waals surface area contributed by atoms with Crippen LogP contribution in [0.15, 0.2) is 0 Å². The lowest BCUT2D eigenvalue weighted by Crippen LogP contribution is -2.57. The summed E-state index contributed by atoms with van der Waals surface area (Å²) in [5, 5.41) is 6.34. The molecule has 0 radical (unpaired) electrons. The van der Waals surface area contributed by atoms with Crippen LogP contribution in [-0.4, -0.2) is 63.3 Å². The Labute approximate surface area is 135 Å². The van der Waals surface area contributed by atoms with Gasteiger partial charge in [-0.25, -0.2) is 0 Å². The van der Waals surface area contributed by atoms with Gasteiger partial charge in [0.1, 0.15) is 0 Å². The minimum Gasteiger partial charge on any atom is -0.383 e. The topological polar surface area (TPSA) is 53.6 Å². The van der Waals surface area contributed by atoms with E-state index in [1.807, 2.05) is 14.0 Å². The van der Waals surface area contributed by atoms with Gasteiger partial charge in [-0.1, -0.05) is 0 Å². The molecule has 1 atom stereocenters. The van der Waals surface area contributed by atoms with Gasteiger partial charge in [0.05, 0.1) is 12.1 Å². The molecule has 1 fully saturated rings. The van der Waals surface area contributed by atoms with Gasteiger partial charge in [0.15, 0.2) is 0 Å². The van der Waals surface area contributed by atoms with Gasteiger partial charge in [0.25, 0.3) is 0 Å². The quantitative estimate of drug-likeness (QED) is 0.733. The average Bonchev–Trinajstić information content (AvgIpc) is 2.37. The number of halogens is 2. The van der Waals surface area contributed by atoms with Gasteiger partial charge in [0, 0.05) is 26.7 Å². The molecule has 0 aromatic carbocycles. The molecular weight excluding hydrogens is 301 g/mol. The number of likely N-dealkylation sites (N-methyl/N-ethyl adjacent to an activating group) is 1. The number of hydrogen-bond acceptors (Lipinski definition) is 4. The third kappa shape index (κ3) is 7.64. The van der Waals surface area contributed by atoms with Gasteiger partial charge in [0.2, 0.25) is 5.91 Å². The predicted molar refractivity (Wildman–Crippen MR) is 87.1 cm³/mol. The van der Waals surface area contributed by atoms with Gasteiger partial charge >= 0.3 is 0 Å². The summed E-state index contributed by atoms with van der Waals surface area (Å²) in [4.78, 5) is 14.3. The Kier molecular flexibility index (Phi) is 12.9. The molecule has 0 aromatic rings. The molecule has 5 nitrogen and oxygen atoms in total. The van der Waals surface area contributed by atoms with Crippen LogP contribution in [0, 0.1) is 0 Å². The van der Waals surface area contributed by atoms with Crippen molar-refractivity contribution in [3.05, 3.63) is 0 Å². The van der Waals surface area contributed by atoms with E-state index in [4.69, 9.17) is 4.74 Å². The van der Waals surface area contributed by atoms with E-state index < -0.39 is 0 Å². The molecule has 7 heteroatoms. The SMILES string of the molecule is COCCN(C)CCNC(=O)C1(C)CCCCN1.Cl.Cl. The molecule has 2 N–H and O–H groups in total. The molecule has 1 amide bonds. The second kappa shape index (κ2) is 11.6. The van der Waals surface area contributed by atoms with Gasteiger partial charge in [-0.05, 0) is 39.8 Å². The summed E-state index contributed by atoms with van der Waals surface area (Å²) >= 11 is 0. The van der Waals surface area contributed by atoms with Gasteiger partial charge in [-0.3, -0.25) is 4.79 Å². The Bertz CT molecular complexity index is 262. The minimum absolute atomic E-state index is 0. The monoisotopic (exact) mass is 329 g/mol. The van der Waals surface area contributed by atoms with Crippen LogP contribution in [-0.2, 0) is 9.53 Å². The molecule has 1 rings (SSSR count). The number of hydrogen-bond donors (Lipinski definition) is 2. The second-order valence-electron chi connectivity index (χ2n) is 5.27. The van der Waals surface area contributed by atoms with E-state index in [9.17, 15) is 4.79 Å². The van der Waals surface area contributed by atoms with Crippen molar-refractivity contribution in [3.8, 4) is 0 Å². The molecule has 1 aliphatic heterocycles. The molecule has 1 aliphatic rings. The van der Waals surface area contributed by atoms with Gasteiger partial charge < -0.3 is 20.3 Å². The highest BCUT2D eigenvalue weighted by Gasteiger charge is 2.33. The van der Waals surface area contributed by atoms with Crippen molar-refractivity contribution in [1.82, 2.24) is 15.5 Å². The Morgan fingerprint density at radius 2 is 2.05 bits per heavy atom. The number of amides is 1. The van der Waals surface area contributed by atoms with Crippen molar-refractivity contribution in [3.63, 3.8) is 0 Å². The molecule has 0 bridgehead atoms. The zero-order valence-corrected chi connectivity index (χ0v) is 14.4. The first-order chi connectivity index (χ1) is 8.58. The van der Waals surface area contributed by atoms with Crippen LogP contribution in [0.25, 0.3) is 0 Å². The van der Waals surface area contributed by atoms with Crippen molar-refractivity contribution in [1.29, 1.82) is 0 Å². The summed E-state index contributed by atoms with van der Waals surface area (Å²) in [6.45, 7) is 6.10. The van der Waals surface area contributed by atoms with E-state index in [1.165, 1.54) is 6.42 Å². The van der Waals surface area contributed by atoms with E-state index in [0.29, 0.717) is 6.54 Å². The van der Waals surface area contributed by atoms with Crippen LogP contribution in [0.5, 0.6) is 0 Å². The average molecular weight is 330 g/mol. The first kappa shape index (κ1) is 22.2. The van der Waals surface area contributed by atoms with Crippen molar-refractivity contribution in [2.24, 2.45) is 0 Å².